The van der Waals surface area contributed by atoms with E-state index in [1.807, 2.05) is 0 Å². The minimum absolute atomic E-state index is 0.0559. The van der Waals surface area contributed by atoms with E-state index in [0.717, 1.165) is 11.8 Å². The SMILES string of the molecule is CN1C(=O)C(=Cc2c(NCCOCCO)nc3ccccn3c2=O)SC1=S. The fourth-order valence-corrected chi connectivity index (χ4v) is 3.61. The molecule has 0 atom stereocenters. The Morgan fingerprint density at radius 1 is 1.37 bits per heavy atom. The molecule has 10 heteroatoms. The van der Waals surface area contributed by atoms with Crippen molar-refractivity contribution in [3.63, 3.8) is 0 Å². The Balaban J connectivity index is 1.99. The predicted octanol–water partition coefficient (Wildman–Crippen LogP) is 0.946. The Morgan fingerprint density at radius 2 is 2.19 bits per heavy atom. The number of carbonyl (C=O) groups is 1. The van der Waals surface area contributed by atoms with Crippen molar-refractivity contribution in [1.29, 1.82) is 0 Å². The van der Waals surface area contributed by atoms with Crippen LogP contribution in [0, 0.1) is 0 Å². The lowest BCUT2D eigenvalue weighted by atomic mass is 10.2. The first-order valence-electron chi connectivity index (χ1n) is 8.18. The van der Waals surface area contributed by atoms with Gasteiger partial charge >= 0.3 is 0 Å². The maximum atomic E-state index is 12.9. The smallest absolute Gasteiger partial charge is 0.267 e. The van der Waals surface area contributed by atoms with Crippen LogP contribution in [0.5, 0.6) is 0 Å². The third-order valence-electron chi connectivity index (χ3n) is 3.81. The fraction of sp³-hybridized carbons (Fsp3) is 0.294. The number of nitrogens with one attached hydrogen (secondary N) is 1. The van der Waals surface area contributed by atoms with Crippen LogP contribution in [0.1, 0.15) is 5.56 Å². The lowest BCUT2D eigenvalue weighted by molar-refractivity contribution is -0.121. The Morgan fingerprint density at radius 3 is 2.89 bits per heavy atom. The van der Waals surface area contributed by atoms with E-state index in [4.69, 9.17) is 22.1 Å². The van der Waals surface area contributed by atoms with Crippen molar-refractivity contribution in [2.45, 2.75) is 0 Å². The summed E-state index contributed by atoms with van der Waals surface area (Å²) in [7, 11) is 1.60. The number of aliphatic hydroxyl groups excluding tert-OH is 1. The lowest BCUT2D eigenvalue weighted by Gasteiger charge is -2.11. The van der Waals surface area contributed by atoms with Crippen molar-refractivity contribution in [2.24, 2.45) is 0 Å². The third kappa shape index (κ3) is 4.19. The molecule has 1 aliphatic heterocycles. The van der Waals surface area contributed by atoms with Crippen LogP contribution in [0.3, 0.4) is 0 Å². The average molecular weight is 406 g/mol. The van der Waals surface area contributed by atoms with Gasteiger partial charge in [-0.3, -0.25) is 18.9 Å². The van der Waals surface area contributed by atoms with Crippen molar-refractivity contribution in [3.8, 4) is 0 Å². The van der Waals surface area contributed by atoms with E-state index in [1.54, 1.807) is 31.4 Å². The van der Waals surface area contributed by atoms with Gasteiger partial charge in [0.05, 0.1) is 30.3 Å². The van der Waals surface area contributed by atoms with E-state index in [9.17, 15) is 9.59 Å². The van der Waals surface area contributed by atoms with E-state index in [0.29, 0.717) is 33.8 Å². The van der Waals surface area contributed by atoms with Gasteiger partial charge in [-0.2, -0.15) is 0 Å². The van der Waals surface area contributed by atoms with Gasteiger partial charge in [0.25, 0.3) is 11.5 Å². The van der Waals surface area contributed by atoms with Gasteiger partial charge in [0.15, 0.2) is 0 Å². The highest BCUT2D eigenvalue weighted by atomic mass is 32.2. The molecule has 2 aromatic rings. The number of anilines is 1. The van der Waals surface area contributed by atoms with Gasteiger partial charge in [-0.1, -0.05) is 30.0 Å². The molecule has 1 aliphatic rings. The second-order valence-corrected chi connectivity index (χ2v) is 7.29. The third-order valence-corrected chi connectivity index (χ3v) is 5.29. The summed E-state index contributed by atoms with van der Waals surface area (Å²) >= 11 is 6.29. The number of thiocarbonyl (C=S) groups is 1. The number of fused-ring (bicyclic) bond motifs is 1. The van der Waals surface area contributed by atoms with Crippen molar-refractivity contribution in [2.75, 3.05) is 38.7 Å². The van der Waals surface area contributed by atoms with Crippen molar-refractivity contribution >= 4 is 51.7 Å². The molecule has 0 unspecified atom stereocenters. The normalized spacial score (nSPS) is 15.9. The molecule has 0 radical (unpaired) electrons. The van der Waals surface area contributed by atoms with Crippen LogP contribution in [0.4, 0.5) is 5.82 Å². The number of aromatic nitrogens is 2. The minimum Gasteiger partial charge on any atom is -0.394 e. The summed E-state index contributed by atoms with van der Waals surface area (Å²) in [4.78, 5) is 31.5. The molecule has 0 spiro atoms. The molecule has 3 heterocycles. The van der Waals surface area contributed by atoms with Gasteiger partial charge in [0.2, 0.25) is 0 Å². The van der Waals surface area contributed by atoms with Crippen LogP contribution in [-0.4, -0.2) is 63.0 Å². The second-order valence-electron chi connectivity index (χ2n) is 5.61. The molecule has 1 amide bonds. The molecule has 0 saturated carbocycles. The zero-order chi connectivity index (χ0) is 19.4. The van der Waals surface area contributed by atoms with Crippen molar-refractivity contribution < 1.29 is 14.6 Å². The maximum Gasteiger partial charge on any atom is 0.267 e. The van der Waals surface area contributed by atoms with Gasteiger partial charge in [-0.25, -0.2) is 4.98 Å². The lowest BCUT2D eigenvalue weighted by Crippen LogP contribution is -2.23. The summed E-state index contributed by atoms with van der Waals surface area (Å²) in [5, 5.41) is 11.8. The molecule has 8 nitrogen and oxygen atoms in total. The summed E-state index contributed by atoms with van der Waals surface area (Å²) in [5.74, 6) is 0.111. The predicted molar refractivity (Wildman–Crippen MR) is 109 cm³/mol. The number of nitrogens with zero attached hydrogens (tertiary/aromatic N) is 3. The zero-order valence-electron chi connectivity index (χ0n) is 14.5. The number of pyridine rings is 1. The summed E-state index contributed by atoms with van der Waals surface area (Å²) in [6.45, 7) is 0.916. The average Bonchev–Trinajstić information content (AvgIpc) is 2.91. The number of likely N-dealkylation sites (N-methyl/N-ethyl adjacent to an activating group) is 1. The summed E-state index contributed by atoms with van der Waals surface area (Å²) in [6, 6.07) is 5.25. The zero-order valence-corrected chi connectivity index (χ0v) is 16.2. The van der Waals surface area contributed by atoms with E-state index in [1.165, 1.54) is 15.4 Å². The van der Waals surface area contributed by atoms with Gasteiger partial charge < -0.3 is 15.2 Å². The number of hydrogen-bond donors (Lipinski definition) is 2. The Kier molecular flexibility index (Phi) is 6.22. The highest BCUT2D eigenvalue weighted by Gasteiger charge is 2.29. The van der Waals surface area contributed by atoms with Gasteiger partial charge in [0, 0.05) is 19.8 Å². The van der Waals surface area contributed by atoms with Gasteiger partial charge in [-0.05, 0) is 18.2 Å². The number of hydrogen-bond acceptors (Lipinski definition) is 8. The first kappa shape index (κ1) is 19.5. The van der Waals surface area contributed by atoms with Crippen LogP contribution in [0.25, 0.3) is 11.7 Å². The Bertz CT molecular complexity index is 973. The van der Waals surface area contributed by atoms with Crippen LogP contribution in [0.2, 0.25) is 0 Å². The number of ether oxygens (including phenoxy) is 1. The second kappa shape index (κ2) is 8.61. The molecular formula is C17H18N4O4S2. The largest absolute Gasteiger partial charge is 0.394 e. The first-order chi connectivity index (χ1) is 13.0. The fourth-order valence-electron chi connectivity index (χ4n) is 2.45. The van der Waals surface area contributed by atoms with Crippen LogP contribution >= 0.6 is 24.0 Å². The molecule has 0 aliphatic carbocycles. The van der Waals surface area contributed by atoms with Gasteiger partial charge in [-0.15, -0.1) is 0 Å². The number of aliphatic hydroxyl groups is 1. The van der Waals surface area contributed by atoms with Crippen LogP contribution in [0.15, 0.2) is 34.1 Å². The Labute approximate surface area is 164 Å². The molecular weight excluding hydrogens is 388 g/mol. The molecule has 0 aromatic carbocycles. The number of thioether (sulfide) groups is 1. The van der Waals surface area contributed by atoms with Crippen molar-refractivity contribution in [1.82, 2.24) is 14.3 Å². The van der Waals surface area contributed by atoms with Crippen LogP contribution < -0.4 is 10.9 Å². The quantitative estimate of drug-likeness (QED) is 0.399. The highest BCUT2D eigenvalue weighted by Crippen LogP contribution is 2.31. The molecule has 0 bridgehead atoms. The molecule has 142 valence electrons. The van der Waals surface area contributed by atoms with E-state index in [2.05, 4.69) is 10.3 Å². The molecule has 3 rings (SSSR count). The van der Waals surface area contributed by atoms with Crippen LogP contribution in [-0.2, 0) is 9.53 Å². The monoisotopic (exact) mass is 406 g/mol. The highest BCUT2D eigenvalue weighted by molar-refractivity contribution is 8.26. The van der Waals surface area contributed by atoms with E-state index in [-0.39, 0.29) is 30.2 Å². The number of rotatable bonds is 7. The topological polar surface area (TPSA) is 96.2 Å². The standard InChI is InChI=1S/C17H18N4O4S2/c1-20-16(24)12(27-17(20)26)10-11-14(18-5-8-25-9-7-22)19-13-4-2-3-6-21(13)15(11)23/h2-4,6,10,18,22H,5,7-9H2,1H3. The first-order valence-corrected chi connectivity index (χ1v) is 9.41. The summed E-state index contributed by atoms with van der Waals surface area (Å²) in [6.07, 6.45) is 3.15. The minimum atomic E-state index is -0.291. The van der Waals surface area contributed by atoms with E-state index < -0.39 is 0 Å². The van der Waals surface area contributed by atoms with Gasteiger partial charge in [0.1, 0.15) is 15.8 Å². The maximum absolute atomic E-state index is 12.9. The van der Waals surface area contributed by atoms with Crippen molar-refractivity contribution in [3.05, 3.63) is 45.2 Å². The molecule has 1 saturated heterocycles. The number of carbonyl (C=O) groups excluding carboxylic acids is 1. The molecule has 2 aromatic heterocycles. The van der Waals surface area contributed by atoms with E-state index >= 15 is 0 Å². The summed E-state index contributed by atoms with van der Waals surface area (Å²) in [5.41, 5.74) is 0.469. The summed E-state index contributed by atoms with van der Waals surface area (Å²) < 4.78 is 7.08. The Hall–Kier alpha value is -2.27. The molecule has 2 N–H and O–H groups in total. The number of amides is 1. The molecule has 1 fully saturated rings. The molecule has 27 heavy (non-hydrogen) atoms.